The highest BCUT2D eigenvalue weighted by atomic mass is 16.5. The number of aryl methyl sites for hydroxylation is 1. The summed E-state index contributed by atoms with van der Waals surface area (Å²) in [5.41, 5.74) is 2.23. The Morgan fingerprint density at radius 3 is 3.04 bits per heavy atom. The number of carbonyl (C=O) groups excluding carboxylic acids is 1. The fraction of sp³-hybridized carbons (Fsp3) is 0.294. The van der Waals surface area contributed by atoms with Crippen molar-refractivity contribution < 1.29 is 19.2 Å². The average molecular weight is 357 g/mol. The second-order valence-corrected chi connectivity index (χ2v) is 5.74. The third kappa shape index (κ3) is 3.89. The van der Waals surface area contributed by atoms with Crippen molar-refractivity contribution in [1.29, 1.82) is 0 Å². The predicted molar refractivity (Wildman–Crippen MR) is 91.4 cm³/mol. The van der Waals surface area contributed by atoms with E-state index in [4.69, 9.17) is 14.4 Å². The Balaban J connectivity index is 1.69. The maximum Gasteiger partial charge on any atom is 0.272 e. The molecule has 0 aliphatic heterocycles. The standard InChI is InChI=1S/C17H19N5O4/c1-10(8-23)19-17(24)14-7-15(21-20-14)25-9-12-11(2)26-22-16(12)13-5-3-4-6-18-13/h3-7,10,23H,8-9H2,1-2H3,(H,19,24)(H,20,21). The van der Waals surface area contributed by atoms with Gasteiger partial charge in [-0.3, -0.25) is 9.78 Å². The molecule has 0 saturated carbocycles. The van der Waals surface area contributed by atoms with Gasteiger partial charge in [0.2, 0.25) is 5.88 Å². The first-order valence-corrected chi connectivity index (χ1v) is 8.05. The lowest BCUT2D eigenvalue weighted by Gasteiger charge is -2.08. The zero-order chi connectivity index (χ0) is 18.5. The van der Waals surface area contributed by atoms with Gasteiger partial charge in [0.1, 0.15) is 18.1 Å². The molecular formula is C17H19N5O4. The monoisotopic (exact) mass is 357 g/mol. The van der Waals surface area contributed by atoms with Crippen molar-refractivity contribution >= 4 is 5.91 Å². The highest BCUT2D eigenvalue weighted by molar-refractivity contribution is 5.92. The molecule has 3 aromatic rings. The van der Waals surface area contributed by atoms with Crippen LogP contribution in [0.4, 0.5) is 0 Å². The van der Waals surface area contributed by atoms with E-state index in [1.165, 1.54) is 6.07 Å². The van der Waals surface area contributed by atoms with Crippen molar-refractivity contribution in [2.75, 3.05) is 6.61 Å². The quantitative estimate of drug-likeness (QED) is 0.584. The number of ether oxygens (including phenoxy) is 1. The van der Waals surface area contributed by atoms with E-state index in [0.29, 0.717) is 23.0 Å². The lowest BCUT2D eigenvalue weighted by atomic mass is 10.1. The minimum atomic E-state index is -0.395. The molecule has 1 atom stereocenters. The Morgan fingerprint density at radius 1 is 1.46 bits per heavy atom. The number of hydrogen-bond donors (Lipinski definition) is 3. The van der Waals surface area contributed by atoms with Crippen molar-refractivity contribution in [2.24, 2.45) is 0 Å². The van der Waals surface area contributed by atoms with E-state index in [-0.39, 0.29) is 24.9 Å². The molecule has 0 fully saturated rings. The number of amides is 1. The first-order chi connectivity index (χ1) is 12.6. The van der Waals surface area contributed by atoms with E-state index in [2.05, 4.69) is 25.7 Å². The first-order valence-electron chi connectivity index (χ1n) is 8.05. The molecule has 1 unspecified atom stereocenters. The van der Waals surface area contributed by atoms with Crippen LogP contribution >= 0.6 is 0 Å². The molecule has 0 bridgehead atoms. The van der Waals surface area contributed by atoms with Gasteiger partial charge in [-0.25, -0.2) is 5.10 Å². The lowest BCUT2D eigenvalue weighted by molar-refractivity contribution is 0.0917. The van der Waals surface area contributed by atoms with Gasteiger partial charge in [-0.2, -0.15) is 5.10 Å². The van der Waals surface area contributed by atoms with Crippen LogP contribution in [0.1, 0.15) is 28.7 Å². The summed E-state index contributed by atoms with van der Waals surface area (Å²) in [5.74, 6) is 0.562. The molecule has 3 rings (SSSR count). The molecule has 0 saturated heterocycles. The van der Waals surface area contributed by atoms with Crippen LogP contribution in [0.15, 0.2) is 35.0 Å². The Kier molecular flexibility index (Phi) is 5.28. The van der Waals surface area contributed by atoms with E-state index in [9.17, 15) is 4.79 Å². The molecule has 3 heterocycles. The molecule has 9 heteroatoms. The topological polar surface area (TPSA) is 126 Å². The Labute approximate surface area is 149 Å². The van der Waals surface area contributed by atoms with Crippen LogP contribution in [-0.2, 0) is 6.61 Å². The number of H-pyrrole nitrogens is 1. The average Bonchev–Trinajstić information content (AvgIpc) is 3.27. The summed E-state index contributed by atoms with van der Waals surface area (Å²) in [6.07, 6.45) is 1.68. The molecule has 1 amide bonds. The normalized spacial score (nSPS) is 12.0. The van der Waals surface area contributed by atoms with Crippen LogP contribution < -0.4 is 10.1 Å². The van der Waals surface area contributed by atoms with Crippen LogP contribution in [0.3, 0.4) is 0 Å². The summed E-state index contributed by atoms with van der Waals surface area (Å²) in [7, 11) is 0. The molecular weight excluding hydrogens is 338 g/mol. The van der Waals surface area contributed by atoms with Gasteiger partial charge in [0.05, 0.1) is 17.9 Å². The summed E-state index contributed by atoms with van der Waals surface area (Å²) >= 11 is 0. The molecule has 3 N–H and O–H groups in total. The number of hydrogen-bond acceptors (Lipinski definition) is 7. The third-order valence-electron chi connectivity index (χ3n) is 3.70. The number of carbonyl (C=O) groups is 1. The van der Waals surface area contributed by atoms with Crippen molar-refractivity contribution in [3.63, 3.8) is 0 Å². The molecule has 3 aromatic heterocycles. The van der Waals surface area contributed by atoms with Gasteiger partial charge in [0.15, 0.2) is 5.69 Å². The number of aliphatic hydroxyl groups is 1. The summed E-state index contributed by atoms with van der Waals surface area (Å²) in [4.78, 5) is 16.2. The van der Waals surface area contributed by atoms with E-state index in [1.807, 2.05) is 18.2 Å². The zero-order valence-electron chi connectivity index (χ0n) is 14.4. The molecule has 0 aliphatic carbocycles. The number of pyridine rings is 1. The van der Waals surface area contributed by atoms with Crippen LogP contribution in [0.5, 0.6) is 5.88 Å². The number of aliphatic hydroxyl groups excluding tert-OH is 1. The maximum atomic E-state index is 12.0. The van der Waals surface area contributed by atoms with E-state index in [0.717, 1.165) is 5.56 Å². The maximum absolute atomic E-state index is 12.0. The highest BCUT2D eigenvalue weighted by Gasteiger charge is 2.18. The number of aromatic nitrogens is 4. The number of aromatic amines is 1. The van der Waals surface area contributed by atoms with Crippen LogP contribution in [0.2, 0.25) is 0 Å². The summed E-state index contributed by atoms with van der Waals surface area (Å²) < 4.78 is 10.9. The van der Waals surface area contributed by atoms with Gasteiger partial charge in [-0.15, -0.1) is 0 Å². The van der Waals surface area contributed by atoms with E-state index in [1.54, 1.807) is 20.0 Å². The minimum Gasteiger partial charge on any atom is -0.473 e. The number of rotatable bonds is 7. The first kappa shape index (κ1) is 17.6. The molecule has 9 nitrogen and oxygen atoms in total. The summed E-state index contributed by atoms with van der Waals surface area (Å²) in [6, 6.07) is 6.65. The molecule has 0 radical (unpaired) electrons. The Hall–Kier alpha value is -3.20. The fourth-order valence-corrected chi connectivity index (χ4v) is 2.25. The van der Waals surface area contributed by atoms with Gasteiger partial charge < -0.3 is 19.7 Å². The predicted octanol–water partition coefficient (Wildman–Crippen LogP) is 1.46. The van der Waals surface area contributed by atoms with Crippen LogP contribution in [0.25, 0.3) is 11.4 Å². The molecule has 0 aromatic carbocycles. The van der Waals surface area contributed by atoms with Gasteiger partial charge in [-0.05, 0) is 26.0 Å². The minimum absolute atomic E-state index is 0.150. The van der Waals surface area contributed by atoms with E-state index < -0.39 is 5.91 Å². The van der Waals surface area contributed by atoms with Gasteiger partial charge in [0.25, 0.3) is 5.91 Å². The molecule has 0 aliphatic rings. The van der Waals surface area contributed by atoms with Crippen molar-refractivity contribution in [2.45, 2.75) is 26.5 Å². The SMILES string of the molecule is Cc1onc(-c2ccccn2)c1COc1cc(C(=O)NC(C)CO)n[nH]1. The van der Waals surface area contributed by atoms with Crippen LogP contribution in [0, 0.1) is 6.92 Å². The van der Waals surface area contributed by atoms with Crippen molar-refractivity contribution in [1.82, 2.24) is 25.7 Å². The zero-order valence-corrected chi connectivity index (χ0v) is 14.4. The Morgan fingerprint density at radius 2 is 2.31 bits per heavy atom. The Bertz CT molecular complexity index is 874. The molecule has 0 spiro atoms. The smallest absolute Gasteiger partial charge is 0.272 e. The second kappa shape index (κ2) is 7.79. The largest absolute Gasteiger partial charge is 0.473 e. The lowest BCUT2D eigenvalue weighted by Crippen LogP contribution is -2.35. The van der Waals surface area contributed by atoms with E-state index >= 15 is 0 Å². The number of nitrogens with zero attached hydrogens (tertiary/aromatic N) is 3. The van der Waals surface area contributed by atoms with Crippen LogP contribution in [-0.4, -0.2) is 44.0 Å². The summed E-state index contributed by atoms with van der Waals surface area (Å²) in [5, 5.41) is 22.2. The molecule has 26 heavy (non-hydrogen) atoms. The van der Waals surface area contributed by atoms with Gasteiger partial charge >= 0.3 is 0 Å². The summed E-state index contributed by atoms with van der Waals surface area (Å²) in [6.45, 7) is 3.51. The number of nitrogens with one attached hydrogen (secondary N) is 2. The van der Waals surface area contributed by atoms with Crippen molar-refractivity contribution in [3.8, 4) is 17.3 Å². The van der Waals surface area contributed by atoms with Gasteiger partial charge in [0, 0.05) is 18.3 Å². The second-order valence-electron chi connectivity index (χ2n) is 5.74. The fourth-order valence-electron chi connectivity index (χ4n) is 2.25. The highest BCUT2D eigenvalue weighted by Crippen LogP contribution is 2.24. The molecule has 136 valence electrons. The van der Waals surface area contributed by atoms with Gasteiger partial charge in [-0.1, -0.05) is 11.2 Å². The van der Waals surface area contributed by atoms with Crippen molar-refractivity contribution in [3.05, 3.63) is 47.5 Å². The third-order valence-corrected chi connectivity index (χ3v) is 3.70.